The number of unbranched alkanes of at least 4 members (excludes halogenated alkanes) is 37. The van der Waals surface area contributed by atoms with Crippen molar-refractivity contribution in [2.45, 2.75) is 395 Å². The Morgan fingerprint density at radius 2 is 0.511 bits per heavy atom. The van der Waals surface area contributed by atoms with Crippen LogP contribution in [0.3, 0.4) is 0 Å². The van der Waals surface area contributed by atoms with Gasteiger partial charge in [0.15, 0.2) is 12.2 Å². The normalized spacial score (nSPS) is 14.4. The van der Waals surface area contributed by atoms with Gasteiger partial charge in [-0.3, -0.25) is 37.3 Å². The average Bonchev–Trinajstić information content (AvgIpc) is 1.38. The molecule has 0 aliphatic heterocycles. The van der Waals surface area contributed by atoms with E-state index in [1.165, 1.54) is 173 Å². The Labute approximate surface area is 575 Å². The zero-order chi connectivity index (χ0) is 69.6. The Kier molecular flexibility index (Phi) is 63.1. The molecule has 0 heterocycles. The monoisotopic (exact) mass is 1380 g/mol. The van der Waals surface area contributed by atoms with Gasteiger partial charge in [-0.25, -0.2) is 9.13 Å². The van der Waals surface area contributed by atoms with E-state index in [0.29, 0.717) is 31.6 Å². The predicted octanol–water partition coefficient (Wildman–Crippen LogP) is 21.7. The zero-order valence-electron chi connectivity index (χ0n) is 61.6. The van der Waals surface area contributed by atoms with Crippen LogP contribution < -0.4 is 0 Å². The highest BCUT2D eigenvalue weighted by atomic mass is 31.2. The van der Waals surface area contributed by atoms with E-state index in [4.69, 9.17) is 37.0 Å². The molecule has 558 valence electrons. The summed E-state index contributed by atoms with van der Waals surface area (Å²) >= 11 is 0. The van der Waals surface area contributed by atoms with Crippen molar-refractivity contribution in [2.75, 3.05) is 39.6 Å². The number of esters is 4. The molecule has 17 nitrogen and oxygen atoms in total. The lowest BCUT2D eigenvalue weighted by molar-refractivity contribution is -0.161. The van der Waals surface area contributed by atoms with E-state index in [2.05, 4.69) is 55.4 Å². The average molecular weight is 1380 g/mol. The second-order valence-electron chi connectivity index (χ2n) is 28.7. The van der Waals surface area contributed by atoms with Gasteiger partial charge < -0.3 is 33.8 Å². The third-order valence-electron chi connectivity index (χ3n) is 17.7. The van der Waals surface area contributed by atoms with Crippen molar-refractivity contribution in [3.63, 3.8) is 0 Å². The van der Waals surface area contributed by atoms with Crippen LogP contribution in [0.1, 0.15) is 376 Å². The molecule has 3 N–H and O–H groups in total. The van der Waals surface area contributed by atoms with Crippen molar-refractivity contribution in [3.8, 4) is 0 Å². The maximum absolute atomic E-state index is 13.0. The number of phosphoric acid groups is 2. The van der Waals surface area contributed by atoms with Crippen LogP contribution in [-0.2, 0) is 65.4 Å². The summed E-state index contributed by atoms with van der Waals surface area (Å²) < 4.78 is 68.4. The minimum Gasteiger partial charge on any atom is -0.462 e. The van der Waals surface area contributed by atoms with Crippen LogP contribution in [0.25, 0.3) is 0 Å². The molecule has 94 heavy (non-hydrogen) atoms. The van der Waals surface area contributed by atoms with Gasteiger partial charge >= 0.3 is 39.5 Å². The van der Waals surface area contributed by atoms with Gasteiger partial charge in [0.2, 0.25) is 0 Å². The van der Waals surface area contributed by atoms with Crippen LogP contribution in [0.4, 0.5) is 0 Å². The standard InChI is InChI=1S/C75H146O17P2/c1-9-68(8)54-46-38-29-22-18-14-10-11-15-20-24-31-41-49-57-74(79)91-71(62-86-73(78)56-48-40-34-33-37-45-53-67(6)7)64-90-94(83,84)88-60-69(76)59-87-93(81,82)89-63-70(92-75(80)58-50-42-32-26-25-28-36-44-52-66(4)5)61-85-72(77)55-47-39-30-23-19-16-12-13-17-21-27-35-43-51-65(2)3/h65-71,76H,9-64H2,1-8H3,(H,81,82)(H,83,84)/t68?,69-,70-,71-/m1/s1. The molecule has 0 aromatic rings. The highest BCUT2D eigenvalue weighted by Gasteiger charge is 2.30. The fraction of sp³-hybridized carbons (Fsp3) is 0.947. The first kappa shape index (κ1) is 92.1. The van der Waals surface area contributed by atoms with Gasteiger partial charge in [-0.05, 0) is 49.4 Å². The fourth-order valence-electron chi connectivity index (χ4n) is 11.3. The molecule has 6 atom stereocenters. The molecule has 0 aromatic heterocycles. The summed E-state index contributed by atoms with van der Waals surface area (Å²) in [6.45, 7) is 14.1. The first-order valence-electron chi connectivity index (χ1n) is 38.7. The van der Waals surface area contributed by atoms with Crippen LogP contribution in [0.15, 0.2) is 0 Å². The van der Waals surface area contributed by atoms with Gasteiger partial charge in [0.25, 0.3) is 0 Å². The van der Waals surface area contributed by atoms with E-state index in [1.807, 2.05) is 0 Å². The maximum Gasteiger partial charge on any atom is 0.472 e. The Hall–Kier alpha value is -1.94. The van der Waals surface area contributed by atoms with Crippen LogP contribution in [0.2, 0.25) is 0 Å². The highest BCUT2D eigenvalue weighted by Crippen LogP contribution is 2.45. The van der Waals surface area contributed by atoms with E-state index in [-0.39, 0.29) is 25.7 Å². The number of carbonyl (C=O) groups is 4. The molecule has 0 radical (unpaired) electrons. The number of carbonyl (C=O) groups excluding carboxylic acids is 4. The van der Waals surface area contributed by atoms with Crippen molar-refractivity contribution in [2.24, 2.45) is 23.7 Å². The minimum absolute atomic E-state index is 0.104. The van der Waals surface area contributed by atoms with Crippen molar-refractivity contribution in [3.05, 3.63) is 0 Å². The molecule has 0 amide bonds. The highest BCUT2D eigenvalue weighted by molar-refractivity contribution is 7.47. The minimum atomic E-state index is -4.95. The van der Waals surface area contributed by atoms with Crippen LogP contribution in [0, 0.1) is 23.7 Å². The Morgan fingerprint density at radius 1 is 0.298 bits per heavy atom. The molecule has 0 spiro atoms. The molecule has 0 saturated carbocycles. The topological polar surface area (TPSA) is 237 Å². The van der Waals surface area contributed by atoms with E-state index in [1.54, 1.807) is 0 Å². The molecule has 0 saturated heterocycles. The molecule has 3 unspecified atom stereocenters. The molecule has 0 bridgehead atoms. The molecule has 0 aliphatic rings. The first-order valence-corrected chi connectivity index (χ1v) is 41.7. The molecule has 0 rings (SSSR count). The smallest absolute Gasteiger partial charge is 0.462 e. The summed E-state index contributed by atoms with van der Waals surface area (Å²) in [7, 11) is -9.91. The summed E-state index contributed by atoms with van der Waals surface area (Å²) in [5.74, 6) is 0.909. The van der Waals surface area contributed by atoms with Crippen molar-refractivity contribution < 1.29 is 80.2 Å². The molecular weight excluding hydrogens is 1230 g/mol. The third kappa shape index (κ3) is 67.3. The maximum atomic E-state index is 13.0. The van der Waals surface area contributed by atoms with Crippen molar-refractivity contribution in [1.82, 2.24) is 0 Å². The first-order chi connectivity index (χ1) is 45.1. The lowest BCUT2D eigenvalue weighted by Crippen LogP contribution is -2.30. The quantitative estimate of drug-likeness (QED) is 0.0222. The lowest BCUT2D eigenvalue weighted by Gasteiger charge is -2.21. The van der Waals surface area contributed by atoms with Crippen molar-refractivity contribution in [1.29, 1.82) is 0 Å². The van der Waals surface area contributed by atoms with E-state index < -0.39 is 97.5 Å². The number of ether oxygens (including phenoxy) is 4. The Balaban J connectivity index is 5.20. The SMILES string of the molecule is CCC(C)CCCCCCCCCCCCCCCCC(=O)O[C@H](COC(=O)CCCCCCCCC(C)C)COP(=O)(O)OC[C@H](O)COP(=O)(O)OC[C@@H](COC(=O)CCCCCCCCCCCCCCCC(C)C)OC(=O)CCCCCCCCCCC(C)C. The van der Waals surface area contributed by atoms with Gasteiger partial charge in [-0.2, -0.15) is 0 Å². The Morgan fingerprint density at radius 3 is 0.755 bits per heavy atom. The van der Waals surface area contributed by atoms with E-state index >= 15 is 0 Å². The van der Waals surface area contributed by atoms with Crippen LogP contribution in [0.5, 0.6) is 0 Å². The van der Waals surface area contributed by atoms with Gasteiger partial charge in [0.1, 0.15) is 19.3 Å². The van der Waals surface area contributed by atoms with Gasteiger partial charge in [0, 0.05) is 25.7 Å². The van der Waals surface area contributed by atoms with Gasteiger partial charge in [-0.15, -0.1) is 0 Å². The summed E-state index contributed by atoms with van der Waals surface area (Å²) in [6, 6.07) is 0. The summed E-state index contributed by atoms with van der Waals surface area (Å²) in [5.41, 5.74) is 0. The van der Waals surface area contributed by atoms with Crippen LogP contribution in [-0.4, -0.2) is 96.7 Å². The number of hydrogen-bond acceptors (Lipinski definition) is 15. The number of phosphoric ester groups is 2. The summed E-state index contributed by atoms with van der Waals surface area (Å²) in [5, 5.41) is 10.6. The van der Waals surface area contributed by atoms with Crippen molar-refractivity contribution >= 4 is 39.5 Å². The predicted molar refractivity (Wildman–Crippen MR) is 381 cm³/mol. The summed E-state index contributed by atoms with van der Waals surface area (Å²) in [6.07, 6.45) is 48.7. The molecular formula is C75H146O17P2. The molecule has 19 heteroatoms. The summed E-state index contributed by atoms with van der Waals surface area (Å²) in [4.78, 5) is 72.7. The lowest BCUT2D eigenvalue weighted by atomic mass is 9.99. The van der Waals surface area contributed by atoms with E-state index in [9.17, 15) is 43.2 Å². The number of hydrogen-bond donors (Lipinski definition) is 3. The van der Waals surface area contributed by atoms with Crippen LogP contribution >= 0.6 is 15.6 Å². The van der Waals surface area contributed by atoms with Gasteiger partial charge in [-0.1, -0.05) is 325 Å². The number of aliphatic hydroxyl groups excluding tert-OH is 1. The second kappa shape index (κ2) is 64.4. The largest absolute Gasteiger partial charge is 0.472 e. The zero-order valence-corrected chi connectivity index (χ0v) is 63.4. The molecule has 0 aliphatic carbocycles. The van der Waals surface area contributed by atoms with Gasteiger partial charge in [0.05, 0.1) is 26.4 Å². The fourth-order valence-corrected chi connectivity index (χ4v) is 12.9. The number of rotatable bonds is 72. The van der Waals surface area contributed by atoms with E-state index in [0.717, 1.165) is 114 Å². The number of aliphatic hydroxyl groups is 1. The molecule has 0 aromatic carbocycles. The third-order valence-corrected chi connectivity index (χ3v) is 19.6. The molecule has 0 fully saturated rings. The Bertz CT molecular complexity index is 1850. The second-order valence-corrected chi connectivity index (χ2v) is 31.6.